The number of pyridine rings is 1. The van der Waals surface area contributed by atoms with E-state index in [-0.39, 0.29) is 9.92 Å². The molecule has 0 bridgehead atoms. The van der Waals surface area contributed by atoms with Gasteiger partial charge in [0.2, 0.25) is 10.0 Å². The van der Waals surface area contributed by atoms with E-state index < -0.39 is 15.6 Å². The van der Waals surface area contributed by atoms with Crippen molar-refractivity contribution in [2.45, 2.75) is 50.5 Å². The van der Waals surface area contributed by atoms with Gasteiger partial charge in [-0.3, -0.25) is 0 Å². The Labute approximate surface area is 126 Å². The summed E-state index contributed by atoms with van der Waals surface area (Å²) >= 11 is 5.99. The largest absolute Gasteiger partial charge is 0.372 e. The molecule has 0 fully saturated rings. The van der Waals surface area contributed by atoms with Crippen molar-refractivity contribution < 1.29 is 8.42 Å². The fourth-order valence-electron chi connectivity index (χ4n) is 2.06. The standard InChI is InChI=1S/C13H22ClN3O2S/c1-5-13(6-2,7-3)17-20(18,19)10-8-11(14)12(15-4)16-9-10/h8-9,17H,5-7H2,1-4H3,(H,15,16). The minimum Gasteiger partial charge on any atom is -0.372 e. The fraction of sp³-hybridized carbons (Fsp3) is 0.615. The minimum atomic E-state index is -3.63. The summed E-state index contributed by atoms with van der Waals surface area (Å²) in [5.41, 5.74) is -0.424. The highest BCUT2D eigenvalue weighted by atomic mass is 35.5. The van der Waals surface area contributed by atoms with Gasteiger partial charge in [-0.15, -0.1) is 0 Å². The molecule has 114 valence electrons. The molecule has 0 aliphatic heterocycles. The Hall–Kier alpha value is -0.850. The average molecular weight is 320 g/mol. The second kappa shape index (κ2) is 6.74. The molecule has 0 aromatic carbocycles. The van der Waals surface area contributed by atoms with Gasteiger partial charge >= 0.3 is 0 Å². The van der Waals surface area contributed by atoms with Gasteiger partial charge in [0.1, 0.15) is 10.7 Å². The summed E-state index contributed by atoms with van der Waals surface area (Å²) in [6.07, 6.45) is 3.50. The molecule has 2 N–H and O–H groups in total. The molecule has 0 amide bonds. The van der Waals surface area contributed by atoms with E-state index in [1.165, 1.54) is 12.3 Å². The van der Waals surface area contributed by atoms with Crippen molar-refractivity contribution >= 4 is 27.4 Å². The van der Waals surface area contributed by atoms with Crippen molar-refractivity contribution in [2.75, 3.05) is 12.4 Å². The zero-order valence-electron chi connectivity index (χ0n) is 12.3. The Balaban J connectivity index is 3.14. The highest BCUT2D eigenvalue weighted by Gasteiger charge is 2.30. The van der Waals surface area contributed by atoms with E-state index >= 15 is 0 Å². The molecular formula is C13H22ClN3O2S. The van der Waals surface area contributed by atoms with E-state index in [0.717, 1.165) is 19.3 Å². The normalized spacial score (nSPS) is 12.4. The summed E-state index contributed by atoms with van der Waals surface area (Å²) in [5.74, 6) is 0.457. The summed E-state index contributed by atoms with van der Waals surface area (Å²) in [6.45, 7) is 5.93. The molecule has 1 heterocycles. The molecule has 1 aromatic rings. The van der Waals surface area contributed by atoms with Crippen molar-refractivity contribution in [3.63, 3.8) is 0 Å². The molecule has 0 aliphatic rings. The van der Waals surface area contributed by atoms with Crippen LogP contribution in [0.2, 0.25) is 5.02 Å². The predicted molar refractivity (Wildman–Crippen MR) is 82.7 cm³/mol. The van der Waals surface area contributed by atoms with Crippen LogP contribution in [0.1, 0.15) is 40.0 Å². The lowest BCUT2D eigenvalue weighted by Crippen LogP contribution is -2.46. The summed E-state index contributed by atoms with van der Waals surface area (Å²) < 4.78 is 27.7. The van der Waals surface area contributed by atoms with Gasteiger partial charge in [-0.2, -0.15) is 0 Å². The first kappa shape index (κ1) is 17.2. The second-order valence-electron chi connectivity index (χ2n) is 4.70. The van der Waals surface area contributed by atoms with Crippen molar-refractivity contribution in [3.05, 3.63) is 17.3 Å². The summed E-state index contributed by atoms with van der Waals surface area (Å²) in [6, 6.07) is 1.41. The van der Waals surface area contributed by atoms with Crippen LogP contribution >= 0.6 is 11.6 Å². The summed E-state index contributed by atoms with van der Waals surface area (Å²) in [4.78, 5) is 4.09. The molecule has 0 saturated carbocycles. The van der Waals surface area contributed by atoms with Crippen LogP contribution in [0, 0.1) is 0 Å². The lowest BCUT2D eigenvalue weighted by molar-refractivity contribution is 0.341. The zero-order valence-corrected chi connectivity index (χ0v) is 13.9. The van der Waals surface area contributed by atoms with Crippen LogP contribution < -0.4 is 10.0 Å². The molecule has 0 aliphatic carbocycles. The predicted octanol–water partition coefficient (Wildman–Crippen LogP) is 3.02. The Morgan fingerprint density at radius 2 is 1.80 bits per heavy atom. The van der Waals surface area contributed by atoms with Gasteiger partial charge in [-0.05, 0) is 25.3 Å². The Morgan fingerprint density at radius 3 is 2.20 bits per heavy atom. The number of nitrogens with one attached hydrogen (secondary N) is 2. The summed E-state index contributed by atoms with van der Waals surface area (Å²) in [7, 11) is -1.95. The maximum Gasteiger partial charge on any atom is 0.242 e. The van der Waals surface area contributed by atoms with Crippen molar-refractivity contribution in [2.24, 2.45) is 0 Å². The van der Waals surface area contributed by atoms with Crippen LogP contribution in [0.5, 0.6) is 0 Å². The van der Waals surface area contributed by atoms with Gasteiger partial charge in [0, 0.05) is 18.8 Å². The number of hydrogen-bond acceptors (Lipinski definition) is 4. The maximum atomic E-state index is 12.4. The first-order valence-corrected chi connectivity index (χ1v) is 8.57. The molecule has 7 heteroatoms. The average Bonchev–Trinajstić information content (AvgIpc) is 2.44. The third kappa shape index (κ3) is 3.62. The lowest BCUT2D eigenvalue weighted by atomic mass is 9.91. The highest BCUT2D eigenvalue weighted by Crippen LogP contribution is 2.25. The van der Waals surface area contributed by atoms with Gasteiger partial charge in [0.05, 0.1) is 5.02 Å². The van der Waals surface area contributed by atoms with Crippen LogP contribution in [-0.2, 0) is 10.0 Å². The Bertz CT molecular complexity index is 548. The smallest absolute Gasteiger partial charge is 0.242 e. The first-order chi connectivity index (χ1) is 9.34. The molecule has 5 nitrogen and oxygen atoms in total. The Morgan fingerprint density at radius 1 is 1.25 bits per heavy atom. The van der Waals surface area contributed by atoms with Crippen LogP contribution in [0.4, 0.5) is 5.82 Å². The van der Waals surface area contributed by atoms with Crippen LogP contribution in [0.15, 0.2) is 17.2 Å². The topological polar surface area (TPSA) is 71.1 Å². The van der Waals surface area contributed by atoms with Crippen LogP contribution in [-0.4, -0.2) is 26.0 Å². The van der Waals surface area contributed by atoms with E-state index in [9.17, 15) is 8.42 Å². The van der Waals surface area contributed by atoms with Crippen molar-refractivity contribution in [1.29, 1.82) is 0 Å². The van der Waals surface area contributed by atoms with Crippen LogP contribution in [0.3, 0.4) is 0 Å². The highest BCUT2D eigenvalue weighted by molar-refractivity contribution is 7.89. The number of halogens is 1. The number of anilines is 1. The SMILES string of the molecule is CCC(CC)(CC)NS(=O)(=O)c1cnc(NC)c(Cl)c1. The summed E-state index contributed by atoms with van der Waals surface area (Å²) in [5, 5.41) is 3.08. The van der Waals surface area contributed by atoms with Gasteiger partial charge < -0.3 is 5.32 Å². The lowest BCUT2D eigenvalue weighted by Gasteiger charge is -2.31. The zero-order chi connectivity index (χ0) is 15.4. The van der Waals surface area contributed by atoms with Gasteiger partial charge in [0.15, 0.2) is 0 Å². The number of rotatable bonds is 7. The molecule has 1 aromatic heterocycles. The molecule has 0 saturated heterocycles. The van der Waals surface area contributed by atoms with E-state index in [2.05, 4.69) is 15.0 Å². The maximum absolute atomic E-state index is 12.4. The van der Waals surface area contributed by atoms with Crippen molar-refractivity contribution in [3.8, 4) is 0 Å². The quantitative estimate of drug-likeness (QED) is 0.810. The fourth-order valence-corrected chi connectivity index (χ4v) is 3.97. The molecule has 0 atom stereocenters. The number of hydrogen-bond donors (Lipinski definition) is 2. The molecular weight excluding hydrogens is 298 g/mol. The second-order valence-corrected chi connectivity index (χ2v) is 6.79. The van der Waals surface area contributed by atoms with E-state index in [1.807, 2.05) is 20.8 Å². The third-order valence-electron chi connectivity index (χ3n) is 3.74. The van der Waals surface area contributed by atoms with Gasteiger partial charge in [-0.1, -0.05) is 32.4 Å². The number of sulfonamides is 1. The molecule has 1 rings (SSSR count). The number of nitrogens with zero attached hydrogens (tertiary/aromatic N) is 1. The number of aromatic nitrogens is 1. The van der Waals surface area contributed by atoms with Gasteiger partial charge in [-0.25, -0.2) is 18.1 Å². The van der Waals surface area contributed by atoms with E-state index in [1.54, 1.807) is 7.05 Å². The van der Waals surface area contributed by atoms with E-state index in [0.29, 0.717) is 5.82 Å². The third-order valence-corrected chi connectivity index (χ3v) is 5.58. The monoisotopic (exact) mass is 319 g/mol. The van der Waals surface area contributed by atoms with Crippen molar-refractivity contribution in [1.82, 2.24) is 9.71 Å². The first-order valence-electron chi connectivity index (χ1n) is 6.71. The van der Waals surface area contributed by atoms with Gasteiger partial charge in [0.25, 0.3) is 0 Å². The minimum absolute atomic E-state index is 0.0845. The molecule has 0 radical (unpaired) electrons. The van der Waals surface area contributed by atoms with E-state index in [4.69, 9.17) is 11.6 Å². The van der Waals surface area contributed by atoms with Crippen LogP contribution in [0.25, 0.3) is 0 Å². The molecule has 20 heavy (non-hydrogen) atoms. The Kier molecular flexibility index (Phi) is 5.79. The molecule has 0 spiro atoms. The molecule has 0 unspecified atom stereocenters.